The molecule has 0 saturated heterocycles. The Morgan fingerprint density at radius 3 is 2.34 bits per heavy atom. The first kappa shape index (κ1) is 25.3. The molecular formula is C23H28FN3O4S. The minimum absolute atomic E-state index is 0.0169. The number of amides is 2. The first-order valence-corrected chi connectivity index (χ1v) is 11.6. The van der Waals surface area contributed by atoms with E-state index in [1.165, 1.54) is 40.9 Å². The number of rotatable bonds is 12. The lowest BCUT2D eigenvalue weighted by atomic mass is 10.1. The number of nitro benzene ring substituents is 1. The van der Waals surface area contributed by atoms with Crippen molar-refractivity contribution in [1.29, 1.82) is 0 Å². The highest BCUT2D eigenvalue weighted by atomic mass is 32.2. The van der Waals surface area contributed by atoms with Crippen LogP contribution in [0.25, 0.3) is 0 Å². The molecule has 0 saturated carbocycles. The summed E-state index contributed by atoms with van der Waals surface area (Å²) in [5, 5.41) is 13.6. The summed E-state index contributed by atoms with van der Waals surface area (Å²) in [5.41, 5.74) is 1.61. The zero-order valence-corrected chi connectivity index (χ0v) is 19.1. The third-order valence-electron chi connectivity index (χ3n) is 4.90. The number of unbranched alkanes of at least 4 members (excludes halogenated alkanes) is 1. The van der Waals surface area contributed by atoms with Crippen molar-refractivity contribution in [1.82, 2.24) is 10.2 Å². The number of thioether (sulfide) groups is 1. The van der Waals surface area contributed by atoms with Crippen molar-refractivity contribution in [3.8, 4) is 0 Å². The summed E-state index contributed by atoms with van der Waals surface area (Å²) in [5.74, 6) is -0.153. The van der Waals surface area contributed by atoms with Gasteiger partial charge in [-0.3, -0.25) is 19.7 Å². The van der Waals surface area contributed by atoms with Crippen molar-refractivity contribution in [2.75, 3.05) is 12.3 Å². The Kier molecular flexibility index (Phi) is 10.1. The van der Waals surface area contributed by atoms with Gasteiger partial charge in [-0.05, 0) is 36.6 Å². The Morgan fingerprint density at radius 1 is 1.12 bits per heavy atom. The highest BCUT2D eigenvalue weighted by Crippen LogP contribution is 2.18. The van der Waals surface area contributed by atoms with E-state index in [0.717, 1.165) is 24.0 Å². The van der Waals surface area contributed by atoms with E-state index < -0.39 is 11.0 Å². The number of nitrogens with one attached hydrogen (secondary N) is 1. The second kappa shape index (κ2) is 12.8. The second-order valence-corrected chi connectivity index (χ2v) is 8.37. The molecule has 2 aromatic carbocycles. The lowest BCUT2D eigenvalue weighted by Gasteiger charge is -2.28. The van der Waals surface area contributed by atoms with Gasteiger partial charge in [0.05, 0.1) is 10.7 Å². The number of non-ortho nitro benzene ring substituents is 1. The van der Waals surface area contributed by atoms with Crippen LogP contribution in [0.1, 0.15) is 37.8 Å². The van der Waals surface area contributed by atoms with E-state index in [1.54, 1.807) is 31.2 Å². The van der Waals surface area contributed by atoms with Crippen LogP contribution in [-0.4, -0.2) is 40.0 Å². The maximum Gasteiger partial charge on any atom is 0.269 e. The number of nitro groups is 1. The van der Waals surface area contributed by atoms with Gasteiger partial charge in [-0.15, -0.1) is 11.8 Å². The molecule has 0 fully saturated rings. The molecule has 0 bridgehead atoms. The van der Waals surface area contributed by atoms with Gasteiger partial charge in [0, 0.05) is 31.0 Å². The van der Waals surface area contributed by atoms with Gasteiger partial charge in [-0.2, -0.15) is 0 Å². The zero-order chi connectivity index (χ0) is 23.5. The van der Waals surface area contributed by atoms with Crippen LogP contribution in [0.15, 0.2) is 48.5 Å². The Balaban J connectivity index is 2.02. The van der Waals surface area contributed by atoms with E-state index in [0.29, 0.717) is 12.3 Å². The molecule has 0 aliphatic heterocycles. The van der Waals surface area contributed by atoms with E-state index in [9.17, 15) is 24.1 Å². The van der Waals surface area contributed by atoms with Crippen LogP contribution in [0, 0.1) is 15.9 Å². The summed E-state index contributed by atoms with van der Waals surface area (Å²) in [4.78, 5) is 37.3. The lowest BCUT2D eigenvalue weighted by molar-refractivity contribution is -0.384. The van der Waals surface area contributed by atoms with Gasteiger partial charge >= 0.3 is 0 Å². The normalized spacial score (nSPS) is 11.6. The van der Waals surface area contributed by atoms with E-state index in [2.05, 4.69) is 5.32 Å². The van der Waals surface area contributed by atoms with Crippen molar-refractivity contribution in [2.45, 2.75) is 45.0 Å². The van der Waals surface area contributed by atoms with Gasteiger partial charge < -0.3 is 10.2 Å². The Morgan fingerprint density at radius 2 is 1.75 bits per heavy atom. The minimum Gasteiger partial charge on any atom is -0.354 e. The number of hydrogen-bond donors (Lipinski definition) is 1. The summed E-state index contributed by atoms with van der Waals surface area (Å²) in [7, 11) is 0. The number of nitrogens with zero attached hydrogens (tertiary/aromatic N) is 2. The van der Waals surface area contributed by atoms with Gasteiger partial charge in [0.15, 0.2) is 0 Å². The van der Waals surface area contributed by atoms with Crippen LogP contribution in [-0.2, 0) is 21.9 Å². The van der Waals surface area contributed by atoms with Crippen molar-refractivity contribution in [3.05, 3.63) is 75.6 Å². The number of halogens is 1. The van der Waals surface area contributed by atoms with Crippen LogP contribution in [0.3, 0.4) is 0 Å². The highest BCUT2D eigenvalue weighted by molar-refractivity contribution is 7.99. The average Bonchev–Trinajstić information content (AvgIpc) is 2.78. The SMILES string of the molecule is CCCCNC(=O)[C@@H](C)N(Cc1ccc(F)cc1)C(=O)CSCc1ccc([N+](=O)[O-])cc1. The monoisotopic (exact) mass is 461 g/mol. The van der Waals surface area contributed by atoms with Gasteiger partial charge in [0.2, 0.25) is 11.8 Å². The molecule has 0 aliphatic rings. The minimum atomic E-state index is -0.676. The first-order valence-electron chi connectivity index (χ1n) is 10.4. The molecule has 0 aromatic heterocycles. The van der Waals surface area contributed by atoms with E-state index in [4.69, 9.17) is 0 Å². The summed E-state index contributed by atoms with van der Waals surface area (Å²) in [6.45, 7) is 4.46. The first-order chi connectivity index (χ1) is 15.3. The molecule has 2 amide bonds. The molecule has 0 heterocycles. The summed E-state index contributed by atoms with van der Waals surface area (Å²) < 4.78 is 13.3. The number of benzene rings is 2. The third kappa shape index (κ3) is 7.96. The van der Waals surface area contributed by atoms with Gasteiger partial charge in [-0.1, -0.05) is 37.6 Å². The van der Waals surface area contributed by atoms with E-state index in [1.807, 2.05) is 6.92 Å². The number of carbonyl (C=O) groups excluding carboxylic acids is 2. The molecule has 7 nitrogen and oxygen atoms in total. The van der Waals surface area contributed by atoms with Crippen molar-refractivity contribution >= 4 is 29.3 Å². The fourth-order valence-electron chi connectivity index (χ4n) is 2.96. The molecule has 2 aromatic rings. The molecule has 1 N–H and O–H groups in total. The number of hydrogen-bond acceptors (Lipinski definition) is 5. The lowest BCUT2D eigenvalue weighted by Crippen LogP contribution is -2.48. The van der Waals surface area contributed by atoms with Crippen LogP contribution < -0.4 is 5.32 Å². The summed E-state index contributed by atoms with van der Waals surface area (Å²) in [6.07, 6.45) is 1.81. The third-order valence-corrected chi connectivity index (χ3v) is 5.89. The average molecular weight is 462 g/mol. The Bertz CT molecular complexity index is 906. The van der Waals surface area contributed by atoms with Crippen LogP contribution >= 0.6 is 11.8 Å². The molecule has 32 heavy (non-hydrogen) atoms. The van der Waals surface area contributed by atoms with Crippen LogP contribution in [0.4, 0.5) is 10.1 Å². The topological polar surface area (TPSA) is 92.6 Å². The molecule has 0 unspecified atom stereocenters. The fraction of sp³-hybridized carbons (Fsp3) is 0.391. The van der Waals surface area contributed by atoms with E-state index >= 15 is 0 Å². The van der Waals surface area contributed by atoms with E-state index in [-0.39, 0.29) is 35.6 Å². The molecule has 9 heteroatoms. The Labute approximate surface area is 191 Å². The quantitative estimate of drug-likeness (QED) is 0.289. The smallest absolute Gasteiger partial charge is 0.269 e. The van der Waals surface area contributed by atoms with Gasteiger partial charge in [0.1, 0.15) is 11.9 Å². The van der Waals surface area contributed by atoms with Crippen LogP contribution in [0.2, 0.25) is 0 Å². The summed E-state index contributed by atoms with van der Waals surface area (Å²) >= 11 is 1.37. The van der Waals surface area contributed by atoms with Crippen LogP contribution in [0.5, 0.6) is 0 Å². The molecule has 0 radical (unpaired) electrons. The zero-order valence-electron chi connectivity index (χ0n) is 18.3. The maximum atomic E-state index is 13.3. The largest absolute Gasteiger partial charge is 0.354 e. The van der Waals surface area contributed by atoms with Crippen molar-refractivity contribution < 1.29 is 18.9 Å². The van der Waals surface area contributed by atoms with Gasteiger partial charge in [0.25, 0.3) is 5.69 Å². The van der Waals surface area contributed by atoms with Crippen molar-refractivity contribution in [2.24, 2.45) is 0 Å². The standard InChI is InChI=1S/C23H28FN3O4S/c1-3-4-13-25-23(29)17(2)26(14-18-5-9-20(24)10-6-18)22(28)16-32-15-19-7-11-21(12-8-19)27(30)31/h5-12,17H,3-4,13-16H2,1-2H3,(H,25,29)/t17-/m1/s1. The molecule has 1 atom stereocenters. The number of carbonyl (C=O) groups is 2. The Hall–Kier alpha value is -2.94. The molecular weight excluding hydrogens is 433 g/mol. The second-order valence-electron chi connectivity index (χ2n) is 7.39. The predicted molar refractivity (Wildman–Crippen MR) is 124 cm³/mol. The molecule has 2 rings (SSSR count). The molecule has 0 aliphatic carbocycles. The molecule has 0 spiro atoms. The fourth-order valence-corrected chi connectivity index (χ4v) is 3.83. The summed E-state index contributed by atoms with van der Waals surface area (Å²) in [6, 6.07) is 11.4. The predicted octanol–water partition coefficient (Wildman–Crippen LogP) is 4.30. The molecule has 172 valence electrons. The maximum absolute atomic E-state index is 13.3. The highest BCUT2D eigenvalue weighted by Gasteiger charge is 2.25. The van der Waals surface area contributed by atoms with Gasteiger partial charge in [-0.25, -0.2) is 4.39 Å². The van der Waals surface area contributed by atoms with Crippen molar-refractivity contribution in [3.63, 3.8) is 0 Å².